The Morgan fingerprint density at radius 1 is 1.20 bits per heavy atom. The highest BCUT2D eigenvalue weighted by molar-refractivity contribution is 5.93. The number of carbonyl (C=O) groups excluding carboxylic acids is 1. The fourth-order valence-electron chi connectivity index (χ4n) is 3.06. The molecule has 5 nitrogen and oxygen atoms in total. The van der Waals surface area contributed by atoms with Crippen LogP contribution in [0.25, 0.3) is 0 Å². The van der Waals surface area contributed by atoms with Crippen molar-refractivity contribution < 1.29 is 14.3 Å². The maximum Gasteiger partial charge on any atom is 0.161 e. The molecule has 0 radical (unpaired) electrons. The topological polar surface area (TPSA) is 51.7 Å². The smallest absolute Gasteiger partial charge is 0.161 e. The molecule has 5 heteroatoms. The SMILES string of the molecule is COc1ccccc1COC1CCN(c2ccc(C(C)=O)cn2)CC1. The third kappa shape index (κ3) is 4.37. The number of benzene rings is 1. The normalized spacial score (nSPS) is 15.2. The minimum atomic E-state index is 0.0440. The molecule has 0 aliphatic carbocycles. The average Bonchev–Trinajstić information content (AvgIpc) is 2.67. The van der Waals surface area contributed by atoms with Crippen LogP contribution in [0.3, 0.4) is 0 Å². The quantitative estimate of drug-likeness (QED) is 0.754. The lowest BCUT2D eigenvalue weighted by Gasteiger charge is -2.32. The third-order valence-corrected chi connectivity index (χ3v) is 4.59. The summed E-state index contributed by atoms with van der Waals surface area (Å²) < 4.78 is 11.4. The van der Waals surface area contributed by atoms with Crippen molar-refractivity contribution in [2.45, 2.75) is 32.5 Å². The Balaban J connectivity index is 1.51. The van der Waals surface area contributed by atoms with Crippen molar-refractivity contribution in [1.29, 1.82) is 0 Å². The Morgan fingerprint density at radius 2 is 1.96 bits per heavy atom. The van der Waals surface area contributed by atoms with E-state index in [0.29, 0.717) is 12.2 Å². The molecule has 2 aromatic rings. The van der Waals surface area contributed by atoms with Crippen molar-refractivity contribution in [3.63, 3.8) is 0 Å². The molecular formula is C20H24N2O3. The molecule has 1 saturated heterocycles. The van der Waals surface area contributed by atoms with E-state index >= 15 is 0 Å². The number of Topliss-reactive ketones (excluding diaryl/α,β-unsaturated/α-hetero) is 1. The fraction of sp³-hybridized carbons (Fsp3) is 0.400. The lowest BCUT2D eigenvalue weighted by atomic mass is 10.1. The molecular weight excluding hydrogens is 316 g/mol. The highest BCUT2D eigenvalue weighted by Gasteiger charge is 2.21. The van der Waals surface area contributed by atoms with Gasteiger partial charge in [-0.15, -0.1) is 0 Å². The van der Waals surface area contributed by atoms with E-state index in [4.69, 9.17) is 9.47 Å². The predicted octanol–water partition coefficient (Wildman–Crippen LogP) is 3.48. The van der Waals surface area contributed by atoms with E-state index in [-0.39, 0.29) is 11.9 Å². The van der Waals surface area contributed by atoms with E-state index in [0.717, 1.165) is 43.1 Å². The lowest BCUT2D eigenvalue weighted by molar-refractivity contribution is 0.0241. The zero-order valence-corrected chi connectivity index (χ0v) is 14.8. The first-order chi connectivity index (χ1) is 12.2. The third-order valence-electron chi connectivity index (χ3n) is 4.59. The van der Waals surface area contributed by atoms with Gasteiger partial charge in [0.2, 0.25) is 0 Å². The van der Waals surface area contributed by atoms with Crippen LogP contribution >= 0.6 is 0 Å². The number of nitrogens with zero attached hydrogens (tertiary/aromatic N) is 2. The van der Waals surface area contributed by atoms with Crippen LogP contribution < -0.4 is 9.64 Å². The Labute approximate surface area is 148 Å². The molecule has 1 aliphatic rings. The molecule has 1 aliphatic heterocycles. The lowest BCUT2D eigenvalue weighted by Crippen LogP contribution is -2.37. The molecule has 3 rings (SSSR count). The Kier molecular flexibility index (Phi) is 5.66. The number of anilines is 1. The summed E-state index contributed by atoms with van der Waals surface area (Å²) >= 11 is 0. The average molecular weight is 340 g/mol. The van der Waals surface area contributed by atoms with Crippen LogP contribution in [0.15, 0.2) is 42.6 Å². The number of aromatic nitrogens is 1. The second kappa shape index (κ2) is 8.12. The molecule has 1 aromatic carbocycles. The number of ketones is 1. The summed E-state index contributed by atoms with van der Waals surface area (Å²) in [5.74, 6) is 1.84. The number of pyridine rings is 1. The van der Waals surface area contributed by atoms with Crippen molar-refractivity contribution in [2.24, 2.45) is 0 Å². The fourth-order valence-corrected chi connectivity index (χ4v) is 3.06. The van der Waals surface area contributed by atoms with Gasteiger partial charge in [-0.1, -0.05) is 18.2 Å². The van der Waals surface area contributed by atoms with Gasteiger partial charge >= 0.3 is 0 Å². The minimum Gasteiger partial charge on any atom is -0.496 e. The second-order valence-electron chi connectivity index (χ2n) is 6.27. The first-order valence-corrected chi connectivity index (χ1v) is 8.63. The van der Waals surface area contributed by atoms with E-state index in [2.05, 4.69) is 9.88 Å². The van der Waals surface area contributed by atoms with Gasteiger partial charge in [-0.25, -0.2) is 4.98 Å². The Bertz CT molecular complexity index is 707. The number of ether oxygens (including phenoxy) is 2. The first-order valence-electron chi connectivity index (χ1n) is 8.63. The first kappa shape index (κ1) is 17.4. The van der Waals surface area contributed by atoms with Gasteiger partial charge < -0.3 is 14.4 Å². The van der Waals surface area contributed by atoms with E-state index in [1.54, 1.807) is 20.2 Å². The van der Waals surface area contributed by atoms with Crippen LogP contribution in [0.2, 0.25) is 0 Å². The van der Waals surface area contributed by atoms with Gasteiger partial charge in [0.1, 0.15) is 11.6 Å². The summed E-state index contributed by atoms with van der Waals surface area (Å²) in [6, 6.07) is 11.7. The van der Waals surface area contributed by atoms with E-state index in [1.165, 1.54) is 0 Å². The van der Waals surface area contributed by atoms with Crippen LogP contribution in [0.4, 0.5) is 5.82 Å². The summed E-state index contributed by atoms with van der Waals surface area (Å²) in [5.41, 5.74) is 1.73. The van der Waals surface area contributed by atoms with Crippen molar-refractivity contribution in [3.8, 4) is 5.75 Å². The maximum absolute atomic E-state index is 11.3. The molecule has 2 heterocycles. The second-order valence-corrected chi connectivity index (χ2v) is 6.27. The largest absolute Gasteiger partial charge is 0.496 e. The monoisotopic (exact) mass is 340 g/mol. The molecule has 0 amide bonds. The van der Waals surface area contributed by atoms with Gasteiger partial charge in [-0.3, -0.25) is 4.79 Å². The number of rotatable bonds is 6. The van der Waals surface area contributed by atoms with Crippen molar-refractivity contribution in [1.82, 2.24) is 4.98 Å². The summed E-state index contributed by atoms with van der Waals surface area (Å²) in [7, 11) is 1.68. The Hall–Kier alpha value is -2.40. The summed E-state index contributed by atoms with van der Waals surface area (Å²) in [6.45, 7) is 3.94. The van der Waals surface area contributed by atoms with Crippen molar-refractivity contribution in [2.75, 3.05) is 25.1 Å². The minimum absolute atomic E-state index is 0.0440. The zero-order chi connectivity index (χ0) is 17.6. The van der Waals surface area contributed by atoms with Crippen LogP contribution in [-0.2, 0) is 11.3 Å². The van der Waals surface area contributed by atoms with Crippen molar-refractivity contribution in [3.05, 3.63) is 53.7 Å². The molecule has 25 heavy (non-hydrogen) atoms. The molecule has 0 saturated carbocycles. The van der Waals surface area contributed by atoms with Crippen molar-refractivity contribution >= 4 is 11.6 Å². The molecule has 132 valence electrons. The molecule has 0 N–H and O–H groups in total. The van der Waals surface area contributed by atoms with E-state index < -0.39 is 0 Å². The molecule has 0 bridgehead atoms. The molecule has 0 spiro atoms. The van der Waals surface area contributed by atoms with Crippen LogP contribution in [0.5, 0.6) is 5.75 Å². The van der Waals surface area contributed by atoms with Gasteiger partial charge in [0.05, 0.1) is 19.8 Å². The molecule has 0 atom stereocenters. The number of hydrogen-bond acceptors (Lipinski definition) is 5. The molecule has 1 aromatic heterocycles. The summed E-state index contributed by atoms with van der Waals surface area (Å²) in [4.78, 5) is 18.0. The van der Waals surface area contributed by atoms with Gasteiger partial charge in [-0.2, -0.15) is 0 Å². The number of hydrogen-bond donors (Lipinski definition) is 0. The molecule has 0 unspecified atom stereocenters. The highest BCUT2D eigenvalue weighted by atomic mass is 16.5. The van der Waals surface area contributed by atoms with E-state index in [1.807, 2.05) is 36.4 Å². The summed E-state index contributed by atoms with van der Waals surface area (Å²) in [5, 5.41) is 0. The van der Waals surface area contributed by atoms with E-state index in [9.17, 15) is 4.79 Å². The zero-order valence-electron chi connectivity index (χ0n) is 14.8. The summed E-state index contributed by atoms with van der Waals surface area (Å²) in [6.07, 6.45) is 3.83. The van der Waals surface area contributed by atoms with Gasteiger partial charge in [0, 0.05) is 30.4 Å². The maximum atomic E-state index is 11.3. The highest BCUT2D eigenvalue weighted by Crippen LogP contribution is 2.23. The number of carbonyl (C=O) groups is 1. The molecule has 1 fully saturated rings. The number of para-hydroxylation sites is 1. The van der Waals surface area contributed by atoms with Crippen LogP contribution in [-0.4, -0.2) is 37.1 Å². The van der Waals surface area contributed by atoms with Gasteiger partial charge in [-0.05, 0) is 38.0 Å². The Morgan fingerprint density at radius 3 is 2.60 bits per heavy atom. The standard InChI is InChI=1S/C20H24N2O3/c1-15(23)16-7-8-20(21-13-16)22-11-9-18(10-12-22)25-14-17-5-3-4-6-19(17)24-2/h3-8,13,18H,9-12,14H2,1-2H3. The van der Waals surface area contributed by atoms with Gasteiger partial charge in [0.15, 0.2) is 5.78 Å². The van der Waals surface area contributed by atoms with Crippen LogP contribution in [0, 0.1) is 0 Å². The van der Waals surface area contributed by atoms with Gasteiger partial charge in [0.25, 0.3) is 0 Å². The predicted molar refractivity (Wildman–Crippen MR) is 97.3 cm³/mol. The number of piperidine rings is 1. The van der Waals surface area contributed by atoms with Crippen LogP contribution in [0.1, 0.15) is 35.7 Å². The number of methoxy groups -OCH3 is 1.